The minimum Gasteiger partial charge on any atom is -0.464 e. The molecule has 1 aromatic heterocycles. The van der Waals surface area contributed by atoms with Crippen LogP contribution in [0.5, 0.6) is 0 Å². The predicted octanol–water partition coefficient (Wildman–Crippen LogP) is 2.06. The van der Waals surface area contributed by atoms with Crippen molar-refractivity contribution in [3.05, 3.63) is 36.1 Å². The van der Waals surface area contributed by atoms with Crippen LogP contribution in [0.25, 0.3) is 11.0 Å². The molecule has 4 nitrogen and oxygen atoms in total. The first-order chi connectivity index (χ1) is 9.29. The highest BCUT2D eigenvalue weighted by Crippen LogP contribution is 2.28. The van der Waals surface area contributed by atoms with Crippen molar-refractivity contribution in [1.29, 1.82) is 0 Å². The lowest BCUT2D eigenvalue weighted by Gasteiger charge is -2.21. The summed E-state index contributed by atoms with van der Waals surface area (Å²) in [6.45, 7) is 0. The molecule has 0 saturated carbocycles. The van der Waals surface area contributed by atoms with Crippen LogP contribution in [0.15, 0.2) is 34.9 Å². The Morgan fingerprint density at radius 1 is 1.32 bits per heavy atom. The van der Waals surface area contributed by atoms with E-state index < -0.39 is 0 Å². The quantitative estimate of drug-likeness (QED) is 0.864. The van der Waals surface area contributed by atoms with Crippen LogP contribution in [0.3, 0.4) is 0 Å². The van der Waals surface area contributed by atoms with E-state index in [4.69, 9.17) is 4.42 Å². The van der Waals surface area contributed by atoms with Gasteiger partial charge in [-0.2, -0.15) is 0 Å². The molecule has 0 aliphatic carbocycles. The molecule has 19 heavy (non-hydrogen) atoms. The van der Waals surface area contributed by atoms with Crippen molar-refractivity contribution >= 4 is 16.9 Å². The molecule has 2 unspecified atom stereocenters. The smallest absolute Gasteiger partial charge is 0.251 e. The van der Waals surface area contributed by atoms with Crippen LogP contribution < -0.4 is 10.6 Å². The third-order valence-electron chi connectivity index (χ3n) is 4.33. The van der Waals surface area contributed by atoms with Crippen LogP contribution in [0.1, 0.15) is 29.6 Å². The molecular formula is C15H16N2O2. The average Bonchev–Trinajstić information content (AvgIpc) is 3.13. The number of amides is 1. The zero-order valence-electron chi connectivity index (χ0n) is 10.6. The number of hydrogen-bond acceptors (Lipinski definition) is 3. The van der Waals surface area contributed by atoms with E-state index in [1.54, 1.807) is 6.26 Å². The first kappa shape index (κ1) is 11.1. The van der Waals surface area contributed by atoms with Crippen molar-refractivity contribution in [3.8, 4) is 0 Å². The molecule has 98 valence electrons. The molecule has 0 radical (unpaired) electrons. The maximum atomic E-state index is 12.3. The highest BCUT2D eigenvalue weighted by atomic mass is 16.3. The number of hydrogen-bond donors (Lipinski definition) is 2. The van der Waals surface area contributed by atoms with Gasteiger partial charge in [-0.1, -0.05) is 0 Å². The normalized spacial score (nSPS) is 28.9. The van der Waals surface area contributed by atoms with Crippen molar-refractivity contribution in [2.75, 3.05) is 0 Å². The predicted molar refractivity (Wildman–Crippen MR) is 72.0 cm³/mol. The zero-order valence-corrected chi connectivity index (χ0v) is 10.6. The van der Waals surface area contributed by atoms with Gasteiger partial charge in [0.2, 0.25) is 0 Å². The molecule has 2 bridgehead atoms. The summed E-state index contributed by atoms with van der Waals surface area (Å²) < 4.78 is 5.28. The molecule has 2 saturated heterocycles. The maximum Gasteiger partial charge on any atom is 0.251 e. The standard InChI is InChI=1S/C15H16N2O2/c18-15(17-13-8-11-2-3-12(13)16-11)10-1-4-14-9(7-10)5-6-19-14/h1,4-7,11-13,16H,2-3,8H2,(H,17,18)/t11?,12?,13-/m1/s1. The minimum atomic E-state index is 0.0162. The molecule has 4 heteroatoms. The van der Waals surface area contributed by atoms with Crippen molar-refractivity contribution in [1.82, 2.24) is 10.6 Å². The summed E-state index contributed by atoms with van der Waals surface area (Å²) in [4.78, 5) is 12.3. The Kier molecular flexibility index (Phi) is 2.38. The molecule has 3 atom stereocenters. The Morgan fingerprint density at radius 3 is 3.05 bits per heavy atom. The molecule has 2 aromatic rings. The van der Waals surface area contributed by atoms with Crippen LogP contribution in [0, 0.1) is 0 Å². The van der Waals surface area contributed by atoms with Crippen molar-refractivity contribution in [3.63, 3.8) is 0 Å². The second-order valence-corrected chi connectivity index (χ2v) is 5.54. The molecule has 0 spiro atoms. The Balaban J connectivity index is 1.53. The third-order valence-corrected chi connectivity index (χ3v) is 4.33. The molecule has 3 heterocycles. The fourth-order valence-electron chi connectivity index (χ4n) is 3.34. The van der Waals surface area contributed by atoms with Crippen LogP contribution >= 0.6 is 0 Å². The van der Waals surface area contributed by atoms with E-state index in [9.17, 15) is 4.79 Å². The molecule has 1 aromatic carbocycles. The average molecular weight is 256 g/mol. The number of furan rings is 1. The van der Waals surface area contributed by atoms with E-state index in [1.807, 2.05) is 24.3 Å². The van der Waals surface area contributed by atoms with Gasteiger partial charge in [-0.25, -0.2) is 0 Å². The Bertz CT molecular complexity index is 634. The molecule has 4 rings (SSSR count). The summed E-state index contributed by atoms with van der Waals surface area (Å²) >= 11 is 0. The number of carbonyl (C=O) groups is 1. The van der Waals surface area contributed by atoms with Gasteiger partial charge in [0, 0.05) is 29.1 Å². The van der Waals surface area contributed by atoms with Gasteiger partial charge in [0.25, 0.3) is 5.91 Å². The van der Waals surface area contributed by atoms with Crippen LogP contribution in [-0.4, -0.2) is 24.0 Å². The lowest BCUT2D eigenvalue weighted by atomic mass is 9.95. The van der Waals surface area contributed by atoms with Crippen molar-refractivity contribution < 1.29 is 9.21 Å². The molecule has 2 N–H and O–H groups in total. The number of rotatable bonds is 2. The van der Waals surface area contributed by atoms with Gasteiger partial charge in [0.1, 0.15) is 5.58 Å². The lowest BCUT2D eigenvalue weighted by molar-refractivity contribution is 0.0931. The summed E-state index contributed by atoms with van der Waals surface area (Å²) in [6, 6.07) is 8.79. The fourth-order valence-corrected chi connectivity index (χ4v) is 3.34. The highest BCUT2D eigenvalue weighted by molar-refractivity contribution is 5.97. The molecule has 2 aliphatic heterocycles. The van der Waals surface area contributed by atoms with Gasteiger partial charge < -0.3 is 15.1 Å². The molecule has 1 amide bonds. The van der Waals surface area contributed by atoms with E-state index in [0.29, 0.717) is 17.6 Å². The number of benzene rings is 1. The number of fused-ring (bicyclic) bond motifs is 3. The van der Waals surface area contributed by atoms with Crippen molar-refractivity contribution in [2.24, 2.45) is 0 Å². The van der Waals surface area contributed by atoms with E-state index in [0.717, 1.165) is 17.4 Å². The van der Waals surface area contributed by atoms with Crippen molar-refractivity contribution in [2.45, 2.75) is 37.4 Å². The van der Waals surface area contributed by atoms with E-state index in [1.165, 1.54) is 12.8 Å². The molecule has 2 fully saturated rings. The van der Waals surface area contributed by atoms with Gasteiger partial charge in [-0.05, 0) is 43.5 Å². The monoisotopic (exact) mass is 256 g/mol. The topological polar surface area (TPSA) is 54.3 Å². The zero-order chi connectivity index (χ0) is 12.8. The van der Waals surface area contributed by atoms with Gasteiger partial charge in [-0.15, -0.1) is 0 Å². The largest absolute Gasteiger partial charge is 0.464 e. The van der Waals surface area contributed by atoms with E-state index in [-0.39, 0.29) is 11.9 Å². The van der Waals surface area contributed by atoms with Gasteiger partial charge in [-0.3, -0.25) is 4.79 Å². The lowest BCUT2D eigenvalue weighted by Crippen LogP contribution is -2.42. The summed E-state index contributed by atoms with van der Waals surface area (Å²) in [5, 5.41) is 7.65. The van der Waals surface area contributed by atoms with E-state index in [2.05, 4.69) is 10.6 Å². The van der Waals surface area contributed by atoms with Gasteiger partial charge >= 0.3 is 0 Å². The van der Waals surface area contributed by atoms with Gasteiger partial charge in [0.05, 0.1) is 6.26 Å². The highest BCUT2D eigenvalue weighted by Gasteiger charge is 2.39. The van der Waals surface area contributed by atoms with Crippen LogP contribution in [0.2, 0.25) is 0 Å². The molecule has 2 aliphatic rings. The molecular weight excluding hydrogens is 240 g/mol. The van der Waals surface area contributed by atoms with Crippen LogP contribution in [-0.2, 0) is 0 Å². The van der Waals surface area contributed by atoms with E-state index >= 15 is 0 Å². The maximum absolute atomic E-state index is 12.3. The minimum absolute atomic E-state index is 0.0162. The SMILES string of the molecule is O=C(N[C@@H]1CC2CCC1N2)c1ccc2occc2c1. The Labute approximate surface area is 111 Å². The second kappa shape index (κ2) is 4.10. The summed E-state index contributed by atoms with van der Waals surface area (Å²) in [6.07, 6.45) is 5.13. The van der Waals surface area contributed by atoms with Gasteiger partial charge in [0.15, 0.2) is 0 Å². The Morgan fingerprint density at radius 2 is 2.26 bits per heavy atom. The second-order valence-electron chi connectivity index (χ2n) is 5.54. The first-order valence-corrected chi connectivity index (χ1v) is 6.84. The number of nitrogens with one attached hydrogen (secondary N) is 2. The summed E-state index contributed by atoms with van der Waals surface area (Å²) in [5.74, 6) is 0.0162. The fraction of sp³-hybridized carbons (Fsp3) is 0.400. The number of carbonyl (C=O) groups excluding carboxylic acids is 1. The third kappa shape index (κ3) is 1.83. The first-order valence-electron chi connectivity index (χ1n) is 6.84. The summed E-state index contributed by atoms with van der Waals surface area (Å²) in [5.41, 5.74) is 1.52. The van der Waals surface area contributed by atoms with Crippen LogP contribution in [0.4, 0.5) is 0 Å². The Hall–Kier alpha value is -1.81. The summed E-state index contributed by atoms with van der Waals surface area (Å²) in [7, 11) is 0.